The van der Waals surface area contributed by atoms with Crippen molar-refractivity contribution < 1.29 is 9.53 Å². The van der Waals surface area contributed by atoms with Gasteiger partial charge in [0.1, 0.15) is 11.9 Å². The Hall–Kier alpha value is -0.740. The molecule has 1 aromatic rings. The molecule has 1 atom stereocenters. The second-order valence-corrected chi connectivity index (χ2v) is 4.80. The third-order valence-corrected chi connectivity index (χ3v) is 2.78. The highest BCUT2D eigenvalue weighted by Crippen LogP contribution is 2.23. The third kappa shape index (κ3) is 5.41. The first-order chi connectivity index (χ1) is 8.13. The highest BCUT2D eigenvalue weighted by atomic mass is 79.9. The zero-order valence-electron chi connectivity index (χ0n) is 9.58. The number of ether oxygens (including phenoxy) is 1. The Morgan fingerprint density at radius 3 is 2.88 bits per heavy atom. The third-order valence-electron chi connectivity index (χ3n) is 2.07. The highest BCUT2D eigenvalue weighted by Gasteiger charge is 2.08. The van der Waals surface area contributed by atoms with Crippen molar-refractivity contribution in [2.45, 2.75) is 19.4 Å². The Kier molecular flexibility index (Phi) is 6.37. The lowest BCUT2D eigenvalue weighted by atomic mass is 10.3. The average molecular weight is 321 g/mol. The SMILES string of the molecule is CC(CNC(=O)CCBr)Oc1ccccc1Cl. The van der Waals surface area contributed by atoms with Crippen LogP contribution in [0.1, 0.15) is 13.3 Å². The minimum Gasteiger partial charge on any atom is -0.487 e. The van der Waals surface area contributed by atoms with Crippen molar-refractivity contribution in [3.05, 3.63) is 29.3 Å². The summed E-state index contributed by atoms with van der Waals surface area (Å²) < 4.78 is 5.62. The number of carbonyl (C=O) groups excluding carboxylic acids is 1. The predicted molar refractivity (Wildman–Crippen MR) is 73.0 cm³/mol. The molecule has 5 heteroatoms. The van der Waals surface area contributed by atoms with Gasteiger partial charge in [0.25, 0.3) is 0 Å². The van der Waals surface area contributed by atoms with Crippen LogP contribution < -0.4 is 10.1 Å². The van der Waals surface area contributed by atoms with Gasteiger partial charge in [0.2, 0.25) is 5.91 Å². The van der Waals surface area contributed by atoms with Gasteiger partial charge < -0.3 is 10.1 Å². The number of carbonyl (C=O) groups is 1. The van der Waals surface area contributed by atoms with E-state index in [-0.39, 0.29) is 12.0 Å². The van der Waals surface area contributed by atoms with Gasteiger partial charge in [0, 0.05) is 11.8 Å². The zero-order chi connectivity index (χ0) is 12.7. The molecule has 0 aliphatic carbocycles. The number of nitrogens with one attached hydrogen (secondary N) is 1. The molecule has 0 heterocycles. The van der Waals surface area contributed by atoms with Crippen LogP contribution in [0, 0.1) is 0 Å². The largest absolute Gasteiger partial charge is 0.487 e. The molecule has 1 amide bonds. The van der Waals surface area contributed by atoms with E-state index in [4.69, 9.17) is 16.3 Å². The molecule has 0 fully saturated rings. The summed E-state index contributed by atoms with van der Waals surface area (Å²) in [6, 6.07) is 7.28. The zero-order valence-corrected chi connectivity index (χ0v) is 11.9. The topological polar surface area (TPSA) is 38.3 Å². The molecule has 1 aromatic carbocycles. The van der Waals surface area contributed by atoms with Crippen molar-refractivity contribution in [3.8, 4) is 5.75 Å². The van der Waals surface area contributed by atoms with Crippen LogP contribution in [0.5, 0.6) is 5.75 Å². The van der Waals surface area contributed by atoms with Crippen molar-refractivity contribution in [3.63, 3.8) is 0 Å². The summed E-state index contributed by atoms with van der Waals surface area (Å²) in [7, 11) is 0. The Labute approximate surface area is 115 Å². The van der Waals surface area contributed by atoms with Crippen LogP contribution in [0.4, 0.5) is 0 Å². The standard InChI is InChI=1S/C12H15BrClNO2/c1-9(8-15-12(16)6-7-13)17-11-5-3-2-4-10(11)14/h2-5,9H,6-8H2,1H3,(H,15,16). The van der Waals surface area contributed by atoms with E-state index in [9.17, 15) is 4.79 Å². The molecule has 3 nitrogen and oxygen atoms in total. The molecular weight excluding hydrogens is 305 g/mol. The van der Waals surface area contributed by atoms with Gasteiger partial charge in [0.15, 0.2) is 0 Å². The van der Waals surface area contributed by atoms with Gasteiger partial charge in [-0.25, -0.2) is 0 Å². The van der Waals surface area contributed by atoms with Gasteiger partial charge in [-0.1, -0.05) is 39.7 Å². The first-order valence-corrected chi connectivity index (χ1v) is 6.87. The molecule has 0 aliphatic rings. The Bertz CT molecular complexity index is 373. The number of para-hydroxylation sites is 1. The second kappa shape index (κ2) is 7.56. The predicted octanol–water partition coefficient (Wildman–Crippen LogP) is 3.01. The van der Waals surface area contributed by atoms with Crippen molar-refractivity contribution in [1.29, 1.82) is 0 Å². The first-order valence-electron chi connectivity index (χ1n) is 5.37. The van der Waals surface area contributed by atoms with Crippen LogP contribution in [0.15, 0.2) is 24.3 Å². The van der Waals surface area contributed by atoms with Gasteiger partial charge in [-0.2, -0.15) is 0 Å². The molecule has 0 saturated heterocycles. The maximum Gasteiger partial charge on any atom is 0.220 e. The maximum absolute atomic E-state index is 11.2. The van der Waals surface area contributed by atoms with Crippen molar-refractivity contribution >= 4 is 33.4 Å². The fourth-order valence-corrected chi connectivity index (χ4v) is 1.77. The normalized spacial score (nSPS) is 11.9. The lowest BCUT2D eigenvalue weighted by Crippen LogP contribution is -2.33. The van der Waals surface area contributed by atoms with Crippen molar-refractivity contribution in [1.82, 2.24) is 5.32 Å². The molecule has 0 aromatic heterocycles. The molecule has 94 valence electrons. The van der Waals surface area contributed by atoms with E-state index in [1.54, 1.807) is 12.1 Å². The number of alkyl halides is 1. The summed E-state index contributed by atoms with van der Waals surface area (Å²) in [4.78, 5) is 11.2. The van der Waals surface area contributed by atoms with Crippen LogP contribution in [-0.4, -0.2) is 23.9 Å². The van der Waals surface area contributed by atoms with Crippen LogP contribution in [0.3, 0.4) is 0 Å². The summed E-state index contributed by atoms with van der Waals surface area (Å²) >= 11 is 9.17. The monoisotopic (exact) mass is 319 g/mol. The smallest absolute Gasteiger partial charge is 0.220 e. The summed E-state index contributed by atoms with van der Waals surface area (Å²) in [6.07, 6.45) is 0.355. The fourth-order valence-electron chi connectivity index (χ4n) is 1.23. The highest BCUT2D eigenvalue weighted by molar-refractivity contribution is 9.09. The van der Waals surface area contributed by atoms with E-state index in [0.717, 1.165) is 0 Å². The van der Waals surface area contributed by atoms with E-state index in [1.165, 1.54) is 0 Å². The molecule has 1 unspecified atom stereocenters. The fraction of sp³-hybridized carbons (Fsp3) is 0.417. The minimum absolute atomic E-state index is 0.0106. The number of benzene rings is 1. The van der Waals surface area contributed by atoms with Crippen molar-refractivity contribution in [2.24, 2.45) is 0 Å². The summed E-state index contributed by atoms with van der Waals surface area (Å²) in [5.41, 5.74) is 0. The van der Waals surface area contributed by atoms with Gasteiger partial charge in [-0.3, -0.25) is 4.79 Å². The lowest BCUT2D eigenvalue weighted by molar-refractivity contribution is -0.120. The van der Waals surface area contributed by atoms with Crippen molar-refractivity contribution in [2.75, 3.05) is 11.9 Å². The van der Waals surface area contributed by atoms with E-state index < -0.39 is 0 Å². The Morgan fingerprint density at radius 1 is 1.53 bits per heavy atom. The maximum atomic E-state index is 11.2. The summed E-state index contributed by atoms with van der Waals surface area (Å²) in [6.45, 7) is 2.36. The number of amides is 1. The Balaban J connectivity index is 2.37. The molecule has 0 radical (unpaired) electrons. The molecule has 0 bridgehead atoms. The van der Waals surface area contributed by atoms with Gasteiger partial charge in [-0.05, 0) is 19.1 Å². The summed E-state index contributed by atoms with van der Waals surface area (Å²) in [5.74, 6) is 0.646. The van der Waals surface area contributed by atoms with Gasteiger partial charge in [0.05, 0.1) is 11.6 Å². The van der Waals surface area contributed by atoms with Crippen LogP contribution in [-0.2, 0) is 4.79 Å². The number of hydrogen-bond donors (Lipinski definition) is 1. The number of hydrogen-bond acceptors (Lipinski definition) is 2. The second-order valence-electron chi connectivity index (χ2n) is 3.60. The van der Waals surface area contributed by atoms with Crippen LogP contribution >= 0.6 is 27.5 Å². The first kappa shape index (κ1) is 14.3. The minimum atomic E-state index is -0.117. The van der Waals surface area contributed by atoms with Crippen LogP contribution in [0.2, 0.25) is 5.02 Å². The molecule has 1 N–H and O–H groups in total. The van der Waals surface area contributed by atoms with E-state index in [1.807, 2.05) is 19.1 Å². The van der Waals surface area contributed by atoms with Gasteiger partial charge in [-0.15, -0.1) is 0 Å². The number of rotatable bonds is 6. The summed E-state index contributed by atoms with van der Waals surface area (Å²) in [5, 5.41) is 4.03. The van der Waals surface area contributed by atoms with Gasteiger partial charge >= 0.3 is 0 Å². The molecule has 17 heavy (non-hydrogen) atoms. The lowest BCUT2D eigenvalue weighted by Gasteiger charge is -2.16. The molecule has 1 rings (SSSR count). The molecule has 0 aliphatic heterocycles. The Morgan fingerprint density at radius 2 is 2.24 bits per heavy atom. The molecular formula is C12H15BrClNO2. The van der Waals surface area contributed by atoms with E-state index in [2.05, 4.69) is 21.2 Å². The van der Waals surface area contributed by atoms with E-state index in [0.29, 0.717) is 29.1 Å². The average Bonchev–Trinajstić information content (AvgIpc) is 2.30. The quantitative estimate of drug-likeness (QED) is 0.818. The van der Waals surface area contributed by atoms with Crippen LogP contribution in [0.25, 0.3) is 0 Å². The number of halogens is 2. The molecule has 0 spiro atoms. The molecule has 0 saturated carbocycles. The van der Waals surface area contributed by atoms with E-state index >= 15 is 0 Å².